The lowest BCUT2D eigenvalue weighted by molar-refractivity contribution is -0.120. The lowest BCUT2D eigenvalue weighted by atomic mass is 10.1. The minimum absolute atomic E-state index is 0.144. The molecule has 1 N–H and O–H groups in total. The van der Waals surface area contributed by atoms with Crippen LogP contribution in [0.25, 0.3) is 0 Å². The fraction of sp³-hybridized carbons (Fsp3) is 0.222. The first-order valence-electron chi connectivity index (χ1n) is 7.47. The highest BCUT2D eigenvalue weighted by atomic mass is 79.9. The van der Waals surface area contributed by atoms with Crippen molar-refractivity contribution in [2.45, 2.75) is 19.8 Å². The zero-order chi connectivity index (χ0) is 16.5. The van der Waals surface area contributed by atoms with Gasteiger partial charge in [0.2, 0.25) is 5.91 Å². The van der Waals surface area contributed by atoms with Crippen molar-refractivity contribution in [3.63, 3.8) is 0 Å². The third kappa shape index (κ3) is 5.87. The number of hydrogen-bond acceptors (Lipinski definition) is 3. The molecule has 0 atom stereocenters. The second-order valence-electron chi connectivity index (χ2n) is 4.99. The Kier molecular flexibility index (Phi) is 6.81. The molecule has 2 aromatic rings. The van der Waals surface area contributed by atoms with Crippen LogP contribution in [0, 0.1) is 0 Å². The van der Waals surface area contributed by atoms with E-state index >= 15 is 0 Å². The van der Waals surface area contributed by atoms with Crippen molar-refractivity contribution in [3.05, 3.63) is 64.1 Å². The van der Waals surface area contributed by atoms with Crippen LogP contribution in [0.15, 0.2) is 58.1 Å². The van der Waals surface area contributed by atoms with E-state index in [0.29, 0.717) is 13.0 Å². The number of halogens is 1. The predicted octanol–water partition coefficient (Wildman–Crippen LogP) is 3.93. The summed E-state index contributed by atoms with van der Waals surface area (Å²) in [6, 6.07) is 15.2. The first-order chi connectivity index (χ1) is 11.2. The second kappa shape index (κ2) is 9.10. The molecule has 4 nitrogen and oxygen atoms in total. The number of amides is 1. The van der Waals surface area contributed by atoms with Crippen LogP contribution in [0.1, 0.15) is 24.5 Å². The molecule has 1 amide bonds. The van der Waals surface area contributed by atoms with Crippen molar-refractivity contribution < 1.29 is 9.53 Å². The van der Waals surface area contributed by atoms with Crippen molar-refractivity contribution in [1.82, 2.24) is 5.43 Å². The molecule has 5 heteroatoms. The van der Waals surface area contributed by atoms with Gasteiger partial charge in [-0.2, -0.15) is 5.10 Å². The molecule has 0 spiro atoms. The Morgan fingerprint density at radius 3 is 2.74 bits per heavy atom. The number of nitrogens with one attached hydrogen (secondary N) is 1. The number of hydrogen-bond donors (Lipinski definition) is 1. The minimum Gasteiger partial charge on any atom is -0.492 e. The number of carbonyl (C=O) groups is 1. The van der Waals surface area contributed by atoms with Crippen LogP contribution < -0.4 is 10.2 Å². The monoisotopic (exact) mass is 374 g/mol. The van der Waals surface area contributed by atoms with Gasteiger partial charge >= 0.3 is 0 Å². The summed E-state index contributed by atoms with van der Waals surface area (Å²) >= 11 is 3.47. The van der Waals surface area contributed by atoms with Gasteiger partial charge in [-0.25, -0.2) is 5.43 Å². The van der Waals surface area contributed by atoms with Gasteiger partial charge in [-0.1, -0.05) is 37.3 Å². The van der Waals surface area contributed by atoms with Crippen LogP contribution in [0.2, 0.25) is 0 Å². The van der Waals surface area contributed by atoms with Crippen LogP contribution in [-0.4, -0.2) is 18.7 Å². The summed E-state index contributed by atoms with van der Waals surface area (Å²) in [4.78, 5) is 11.8. The maximum absolute atomic E-state index is 11.8. The zero-order valence-electron chi connectivity index (χ0n) is 13.0. The van der Waals surface area contributed by atoms with Crippen molar-refractivity contribution in [1.29, 1.82) is 0 Å². The number of ether oxygens (including phenoxy) is 1. The molecule has 23 heavy (non-hydrogen) atoms. The summed E-state index contributed by atoms with van der Waals surface area (Å²) in [5, 5.41) is 3.98. The average molecular weight is 375 g/mol. The Morgan fingerprint density at radius 2 is 2.04 bits per heavy atom. The Balaban J connectivity index is 1.87. The van der Waals surface area contributed by atoms with Crippen LogP contribution in [0.3, 0.4) is 0 Å². The summed E-state index contributed by atoms with van der Waals surface area (Å²) in [6.07, 6.45) is 2.88. The van der Waals surface area contributed by atoms with E-state index in [1.165, 1.54) is 0 Å². The smallest absolute Gasteiger partial charge is 0.244 e. The van der Waals surface area contributed by atoms with Gasteiger partial charge in [0.25, 0.3) is 0 Å². The first-order valence-corrected chi connectivity index (χ1v) is 8.26. The lowest BCUT2D eigenvalue weighted by Crippen LogP contribution is -2.19. The highest BCUT2D eigenvalue weighted by Crippen LogP contribution is 2.25. The predicted molar refractivity (Wildman–Crippen MR) is 95.8 cm³/mol. The Bertz CT molecular complexity index is 672. The van der Waals surface area contributed by atoms with Crippen LogP contribution in [0.4, 0.5) is 0 Å². The van der Waals surface area contributed by atoms with Crippen LogP contribution >= 0.6 is 15.9 Å². The maximum atomic E-state index is 11.8. The van der Waals surface area contributed by atoms with E-state index in [1.807, 2.05) is 48.5 Å². The number of hydrazone groups is 1. The van der Waals surface area contributed by atoms with E-state index in [1.54, 1.807) is 6.21 Å². The summed E-state index contributed by atoms with van der Waals surface area (Å²) in [7, 11) is 0. The Hall–Kier alpha value is -2.14. The van der Waals surface area contributed by atoms with Crippen LogP contribution in [0.5, 0.6) is 5.75 Å². The topological polar surface area (TPSA) is 50.7 Å². The molecule has 0 aliphatic rings. The molecule has 2 rings (SSSR count). The molecule has 0 aliphatic heterocycles. The zero-order valence-corrected chi connectivity index (χ0v) is 14.5. The van der Waals surface area contributed by atoms with Gasteiger partial charge in [0.15, 0.2) is 0 Å². The van der Waals surface area contributed by atoms with Crippen LogP contribution in [-0.2, 0) is 11.2 Å². The van der Waals surface area contributed by atoms with Crippen molar-refractivity contribution in [2.24, 2.45) is 5.10 Å². The number of nitrogens with zero attached hydrogens (tertiary/aromatic N) is 1. The van der Waals surface area contributed by atoms with Gasteiger partial charge in [0, 0.05) is 0 Å². The Morgan fingerprint density at radius 1 is 1.26 bits per heavy atom. The largest absolute Gasteiger partial charge is 0.492 e. The van der Waals surface area contributed by atoms with Crippen molar-refractivity contribution in [2.75, 3.05) is 6.61 Å². The number of carbonyl (C=O) groups excluding carboxylic acids is 1. The molecule has 0 heterocycles. The molecule has 0 unspecified atom stereocenters. The van der Waals surface area contributed by atoms with Gasteiger partial charge in [0.05, 0.1) is 23.7 Å². The fourth-order valence-electron chi connectivity index (χ4n) is 1.93. The normalized spacial score (nSPS) is 10.7. The molecule has 2 aromatic carbocycles. The third-order valence-electron chi connectivity index (χ3n) is 3.03. The molecule has 0 aromatic heterocycles. The van der Waals surface area contributed by atoms with Gasteiger partial charge in [-0.15, -0.1) is 0 Å². The van der Waals surface area contributed by atoms with Crippen molar-refractivity contribution in [3.8, 4) is 5.75 Å². The van der Waals surface area contributed by atoms with Gasteiger partial charge in [-0.05, 0) is 51.7 Å². The molecule has 0 aliphatic carbocycles. The summed E-state index contributed by atoms with van der Waals surface area (Å²) in [5.74, 6) is 0.659. The van der Waals surface area contributed by atoms with Gasteiger partial charge in [0.1, 0.15) is 5.75 Å². The molecule has 0 bridgehead atoms. The second-order valence-corrected chi connectivity index (χ2v) is 5.85. The average Bonchev–Trinajstić information content (AvgIpc) is 2.55. The fourth-order valence-corrected chi connectivity index (χ4v) is 2.44. The highest BCUT2D eigenvalue weighted by molar-refractivity contribution is 9.10. The number of benzene rings is 2. The Labute approximate surface area is 144 Å². The quantitative estimate of drug-likeness (QED) is 0.589. The molecule has 120 valence electrons. The summed E-state index contributed by atoms with van der Waals surface area (Å²) in [5.41, 5.74) is 4.37. The van der Waals surface area contributed by atoms with E-state index in [9.17, 15) is 4.79 Å². The van der Waals surface area contributed by atoms with E-state index in [0.717, 1.165) is 27.8 Å². The number of rotatable bonds is 7. The van der Waals surface area contributed by atoms with E-state index in [2.05, 4.69) is 33.4 Å². The molecule has 0 saturated carbocycles. The minimum atomic E-state index is -0.144. The molecule has 0 fully saturated rings. The SMILES string of the molecule is CCCOc1ccc(/C=N\NC(=O)Cc2ccccc2)cc1Br. The van der Waals surface area contributed by atoms with E-state index in [-0.39, 0.29) is 5.91 Å². The molecular formula is C18H19BrN2O2. The summed E-state index contributed by atoms with van der Waals surface area (Å²) < 4.78 is 6.46. The lowest BCUT2D eigenvalue weighted by Gasteiger charge is -2.07. The third-order valence-corrected chi connectivity index (χ3v) is 3.65. The maximum Gasteiger partial charge on any atom is 0.244 e. The standard InChI is InChI=1S/C18H19BrN2O2/c1-2-10-23-17-9-8-15(11-16(17)19)13-20-21-18(22)12-14-6-4-3-5-7-14/h3-9,11,13H,2,10,12H2,1H3,(H,21,22)/b20-13-. The van der Waals surface area contributed by atoms with Crippen molar-refractivity contribution >= 4 is 28.1 Å². The van der Waals surface area contributed by atoms with E-state index in [4.69, 9.17) is 4.74 Å². The molecule has 0 radical (unpaired) electrons. The van der Waals surface area contributed by atoms with Gasteiger partial charge in [-0.3, -0.25) is 4.79 Å². The first kappa shape index (κ1) is 17.2. The summed E-state index contributed by atoms with van der Waals surface area (Å²) in [6.45, 7) is 2.74. The van der Waals surface area contributed by atoms with E-state index < -0.39 is 0 Å². The van der Waals surface area contributed by atoms with Gasteiger partial charge < -0.3 is 4.74 Å². The molecule has 0 saturated heterocycles. The molecular weight excluding hydrogens is 356 g/mol. The highest BCUT2D eigenvalue weighted by Gasteiger charge is 2.02.